The van der Waals surface area contributed by atoms with Crippen LogP contribution in [-0.2, 0) is 0 Å². The summed E-state index contributed by atoms with van der Waals surface area (Å²) in [4.78, 5) is 4.38. The van der Waals surface area contributed by atoms with E-state index < -0.39 is 0 Å². The smallest absolute Gasteiger partial charge is 0.193 e. The van der Waals surface area contributed by atoms with Gasteiger partial charge in [-0.3, -0.25) is 4.99 Å². The SMILES string of the molecule is COc1ccc(NC(N)=NCC2CCCC2)cc1Cl.I. The number of hydrogen-bond donors (Lipinski definition) is 2. The molecular formula is C14H21ClIN3O. The third-order valence-electron chi connectivity index (χ3n) is 3.42. The lowest BCUT2D eigenvalue weighted by atomic mass is 10.1. The first-order chi connectivity index (χ1) is 9.19. The number of rotatable bonds is 4. The van der Waals surface area contributed by atoms with E-state index in [1.54, 1.807) is 19.2 Å². The molecule has 1 aromatic carbocycles. The van der Waals surface area contributed by atoms with Crippen molar-refractivity contribution in [3.63, 3.8) is 0 Å². The third kappa shape index (κ3) is 5.01. The summed E-state index contributed by atoms with van der Waals surface area (Å²) in [5, 5.41) is 3.60. The molecule has 0 aliphatic heterocycles. The van der Waals surface area contributed by atoms with Crippen LogP contribution in [0.15, 0.2) is 23.2 Å². The first-order valence-corrected chi connectivity index (χ1v) is 6.97. The maximum absolute atomic E-state index is 6.05. The predicted molar refractivity (Wildman–Crippen MR) is 95.5 cm³/mol. The van der Waals surface area contributed by atoms with Crippen LogP contribution in [0.25, 0.3) is 0 Å². The number of halogens is 2. The van der Waals surface area contributed by atoms with E-state index in [1.807, 2.05) is 6.07 Å². The number of hydrogen-bond acceptors (Lipinski definition) is 2. The highest BCUT2D eigenvalue weighted by molar-refractivity contribution is 14.0. The van der Waals surface area contributed by atoms with Crippen molar-refractivity contribution in [2.75, 3.05) is 19.0 Å². The Labute approximate surface area is 142 Å². The summed E-state index contributed by atoms with van der Waals surface area (Å²) < 4.78 is 5.10. The van der Waals surface area contributed by atoms with Crippen molar-refractivity contribution < 1.29 is 4.74 Å². The highest BCUT2D eigenvalue weighted by Gasteiger charge is 2.14. The summed E-state index contributed by atoms with van der Waals surface area (Å²) in [6.45, 7) is 0.808. The van der Waals surface area contributed by atoms with Crippen LogP contribution in [0.1, 0.15) is 25.7 Å². The van der Waals surface area contributed by atoms with Gasteiger partial charge in [0.25, 0.3) is 0 Å². The zero-order chi connectivity index (χ0) is 13.7. The fraction of sp³-hybridized carbons (Fsp3) is 0.500. The van der Waals surface area contributed by atoms with Crippen LogP contribution in [0.5, 0.6) is 5.75 Å². The number of ether oxygens (including phenoxy) is 1. The molecule has 0 amide bonds. The predicted octanol–water partition coefficient (Wildman–Crippen LogP) is 3.88. The summed E-state index contributed by atoms with van der Waals surface area (Å²) in [6, 6.07) is 5.44. The minimum Gasteiger partial charge on any atom is -0.495 e. The molecule has 6 heteroatoms. The van der Waals surface area contributed by atoms with Gasteiger partial charge in [0.2, 0.25) is 0 Å². The molecule has 20 heavy (non-hydrogen) atoms. The molecular weight excluding hydrogens is 389 g/mol. The van der Waals surface area contributed by atoms with Crippen LogP contribution in [-0.4, -0.2) is 19.6 Å². The molecule has 1 aliphatic carbocycles. The average Bonchev–Trinajstić information content (AvgIpc) is 2.90. The van der Waals surface area contributed by atoms with Gasteiger partial charge in [-0.15, -0.1) is 24.0 Å². The molecule has 1 saturated carbocycles. The zero-order valence-corrected chi connectivity index (χ0v) is 14.7. The van der Waals surface area contributed by atoms with Crippen molar-refractivity contribution in [3.05, 3.63) is 23.2 Å². The van der Waals surface area contributed by atoms with Crippen LogP contribution in [0.3, 0.4) is 0 Å². The number of nitrogens with one attached hydrogen (secondary N) is 1. The Morgan fingerprint density at radius 3 is 2.75 bits per heavy atom. The van der Waals surface area contributed by atoms with Crippen molar-refractivity contribution in [3.8, 4) is 5.75 Å². The maximum Gasteiger partial charge on any atom is 0.193 e. The van der Waals surface area contributed by atoms with Gasteiger partial charge in [0, 0.05) is 12.2 Å². The van der Waals surface area contributed by atoms with E-state index in [-0.39, 0.29) is 24.0 Å². The molecule has 0 heterocycles. The number of aliphatic imine (C=N–C) groups is 1. The summed E-state index contributed by atoms with van der Waals surface area (Å²) in [6.07, 6.45) is 5.18. The van der Waals surface area contributed by atoms with Crippen LogP contribution < -0.4 is 15.8 Å². The minimum absolute atomic E-state index is 0. The number of guanidine groups is 1. The molecule has 112 valence electrons. The molecule has 0 bridgehead atoms. The first kappa shape index (κ1) is 17.4. The summed E-state index contributed by atoms with van der Waals surface area (Å²) in [5.41, 5.74) is 6.69. The van der Waals surface area contributed by atoms with Gasteiger partial charge in [0.05, 0.1) is 12.1 Å². The molecule has 1 fully saturated rings. The van der Waals surface area contributed by atoms with E-state index in [0.717, 1.165) is 12.2 Å². The second-order valence-corrected chi connectivity index (χ2v) is 5.26. The Morgan fingerprint density at radius 1 is 1.45 bits per heavy atom. The van der Waals surface area contributed by atoms with Crippen LogP contribution in [0.4, 0.5) is 5.69 Å². The topological polar surface area (TPSA) is 59.6 Å². The molecule has 0 atom stereocenters. The zero-order valence-electron chi connectivity index (χ0n) is 11.6. The van der Waals surface area contributed by atoms with Gasteiger partial charge in [0.15, 0.2) is 5.96 Å². The molecule has 0 radical (unpaired) electrons. The lowest BCUT2D eigenvalue weighted by molar-refractivity contribution is 0.415. The fourth-order valence-corrected chi connectivity index (χ4v) is 2.61. The van der Waals surface area contributed by atoms with Gasteiger partial charge < -0.3 is 15.8 Å². The number of anilines is 1. The van der Waals surface area contributed by atoms with Crippen LogP contribution in [0, 0.1) is 5.92 Å². The molecule has 1 aromatic rings. The Hall–Kier alpha value is -0.690. The highest BCUT2D eigenvalue weighted by atomic mass is 127. The summed E-state index contributed by atoms with van der Waals surface area (Å²) in [7, 11) is 1.59. The van der Waals surface area contributed by atoms with E-state index in [2.05, 4.69) is 10.3 Å². The minimum atomic E-state index is 0. The van der Waals surface area contributed by atoms with E-state index in [4.69, 9.17) is 22.1 Å². The first-order valence-electron chi connectivity index (χ1n) is 6.59. The Bertz CT molecular complexity index is 462. The third-order valence-corrected chi connectivity index (χ3v) is 3.71. The van der Waals surface area contributed by atoms with Gasteiger partial charge in [0.1, 0.15) is 5.75 Å². The van der Waals surface area contributed by atoms with Crippen molar-refractivity contribution >= 4 is 47.2 Å². The van der Waals surface area contributed by atoms with Gasteiger partial charge in [-0.05, 0) is 37.0 Å². The largest absolute Gasteiger partial charge is 0.495 e. The lowest BCUT2D eigenvalue weighted by Crippen LogP contribution is -2.23. The number of methoxy groups -OCH3 is 1. The number of benzene rings is 1. The van der Waals surface area contributed by atoms with Gasteiger partial charge in [-0.2, -0.15) is 0 Å². The molecule has 4 nitrogen and oxygen atoms in total. The summed E-state index contributed by atoms with van der Waals surface area (Å²) >= 11 is 6.05. The number of nitrogens with zero attached hydrogens (tertiary/aromatic N) is 1. The normalized spacial score (nSPS) is 15.8. The van der Waals surface area contributed by atoms with E-state index >= 15 is 0 Å². The molecule has 1 aliphatic rings. The Kier molecular flexibility index (Phi) is 7.43. The molecule has 0 aromatic heterocycles. The average molecular weight is 410 g/mol. The second kappa shape index (κ2) is 8.56. The monoisotopic (exact) mass is 409 g/mol. The fourth-order valence-electron chi connectivity index (χ4n) is 2.35. The van der Waals surface area contributed by atoms with E-state index in [1.165, 1.54) is 25.7 Å². The molecule has 3 N–H and O–H groups in total. The van der Waals surface area contributed by atoms with Crippen molar-refractivity contribution in [2.45, 2.75) is 25.7 Å². The van der Waals surface area contributed by atoms with Crippen LogP contribution >= 0.6 is 35.6 Å². The Balaban J connectivity index is 0.00000200. The second-order valence-electron chi connectivity index (χ2n) is 4.85. The standard InChI is InChI=1S/C14H20ClN3O.HI/c1-19-13-7-6-11(8-12(13)15)18-14(16)17-9-10-4-2-3-5-10;/h6-8,10H,2-5,9H2,1H3,(H3,16,17,18);1H. The summed E-state index contributed by atoms with van der Waals surface area (Å²) in [5.74, 6) is 1.78. The van der Waals surface area contributed by atoms with Crippen molar-refractivity contribution in [2.24, 2.45) is 16.6 Å². The van der Waals surface area contributed by atoms with Gasteiger partial charge in [-0.25, -0.2) is 0 Å². The van der Waals surface area contributed by atoms with Crippen molar-refractivity contribution in [1.82, 2.24) is 0 Å². The quantitative estimate of drug-likeness (QED) is 0.451. The Morgan fingerprint density at radius 2 is 2.15 bits per heavy atom. The van der Waals surface area contributed by atoms with Crippen molar-refractivity contribution in [1.29, 1.82) is 0 Å². The highest BCUT2D eigenvalue weighted by Crippen LogP contribution is 2.27. The molecule has 0 spiro atoms. The van der Waals surface area contributed by atoms with Gasteiger partial charge >= 0.3 is 0 Å². The number of nitrogens with two attached hydrogens (primary N) is 1. The van der Waals surface area contributed by atoms with E-state index in [0.29, 0.717) is 22.6 Å². The molecule has 0 unspecified atom stereocenters. The molecule has 2 rings (SSSR count). The lowest BCUT2D eigenvalue weighted by Gasteiger charge is -2.09. The molecule has 0 saturated heterocycles. The van der Waals surface area contributed by atoms with Gasteiger partial charge in [-0.1, -0.05) is 24.4 Å². The van der Waals surface area contributed by atoms with E-state index in [9.17, 15) is 0 Å². The maximum atomic E-state index is 6.05. The van der Waals surface area contributed by atoms with Crippen LogP contribution in [0.2, 0.25) is 5.02 Å².